The summed E-state index contributed by atoms with van der Waals surface area (Å²) in [6.45, 7) is 0. The Balaban J connectivity index is 1.85. The van der Waals surface area contributed by atoms with E-state index in [9.17, 15) is 0 Å². The van der Waals surface area contributed by atoms with Crippen LogP contribution in [0.4, 0.5) is 0 Å². The number of benzene rings is 2. The van der Waals surface area contributed by atoms with Crippen LogP contribution in [0.2, 0.25) is 0 Å². The third-order valence-corrected chi connectivity index (χ3v) is 2.93. The zero-order valence-electron chi connectivity index (χ0n) is 9.51. The van der Waals surface area contributed by atoms with Crippen LogP contribution in [-0.4, -0.2) is 0 Å². The van der Waals surface area contributed by atoms with Gasteiger partial charge in [-0.2, -0.15) is 0 Å². The monoisotopic (exact) mass is 217 g/mol. The second kappa shape index (κ2) is 4.75. The number of rotatable bonds is 2. The van der Waals surface area contributed by atoms with E-state index in [1.807, 2.05) is 0 Å². The predicted molar refractivity (Wildman–Crippen MR) is 73.4 cm³/mol. The van der Waals surface area contributed by atoms with Crippen LogP contribution in [0, 0.1) is 31.6 Å². The summed E-state index contributed by atoms with van der Waals surface area (Å²) in [6.07, 6.45) is 12.6. The smallest absolute Gasteiger partial charge is 0.00501 e. The van der Waals surface area contributed by atoms with E-state index in [4.69, 9.17) is 0 Å². The zero-order chi connectivity index (χ0) is 11.5. The van der Waals surface area contributed by atoms with Crippen molar-refractivity contribution in [1.29, 1.82) is 0 Å². The maximum Gasteiger partial charge on any atom is 0.00501 e. The standard InChI is InChI=1S/C17H13/c1-2-6-14(5-1)9-10-15-11-12-16-7-3-4-8-17(16)13-15/h1-13H/b10-9+. The second-order valence-corrected chi connectivity index (χ2v) is 4.16. The maximum atomic E-state index is 2.22. The topological polar surface area (TPSA) is 0 Å². The Morgan fingerprint density at radius 2 is 1.47 bits per heavy atom. The summed E-state index contributed by atoms with van der Waals surface area (Å²) in [5.41, 5.74) is 1.24. The van der Waals surface area contributed by atoms with Crippen molar-refractivity contribution in [3.05, 3.63) is 85.7 Å². The van der Waals surface area contributed by atoms with Crippen molar-refractivity contribution in [2.24, 2.45) is 0 Å². The molecule has 0 spiro atoms. The largest absolute Gasteiger partial charge is 0.0762 e. The van der Waals surface area contributed by atoms with Crippen molar-refractivity contribution in [3.8, 4) is 0 Å². The Labute approximate surface area is 103 Å². The molecule has 0 aromatic heterocycles. The van der Waals surface area contributed by atoms with Gasteiger partial charge in [-0.05, 0) is 48.1 Å². The van der Waals surface area contributed by atoms with E-state index < -0.39 is 0 Å². The molecule has 2 aromatic rings. The third kappa shape index (κ3) is 2.41. The van der Waals surface area contributed by atoms with E-state index in [0.717, 1.165) is 0 Å². The average Bonchev–Trinajstić information content (AvgIpc) is 2.89. The Morgan fingerprint density at radius 1 is 0.706 bits per heavy atom. The summed E-state index contributed by atoms with van der Waals surface area (Å²) < 4.78 is 0. The molecule has 0 amide bonds. The first kappa shape index (κ1) is 10.6. The molecule has 0 nitrogen and oxygen atoms in total. The summed E-state index contributed by atoms with van der Waals surface area (Å²) >= 11 is 0. The summed E-state index contributed by atoms with van der Waals surface area (Å²) in [4.78, 5) is 0. The molecule has 0 aliphatic heterocycles. The molecule has 1 saturated carbocycles. The van der Waals surface area contributed by atoms with Crippen LogP contribution in [0.15, 0.2) is 48.5 Å². The van der Waals surface area contributed by atoms with E-state index >= 15 is 0 Å². The number of fused-ring (bicyclic) bond motifs is 1. The molecular formula is C17H13. The molecule has 2 aromatic carbocycles. The molecule has 3 rings (SSSR count). The minimum Gasteiger partial charge on any atom is -0.0762 e. The van der Waals surface area contributed by atoms with Crippen LogP contribution in [0.1, 0.15) is 5.56 Å². The van der Waals surface area contributed by atoms with Crippen LogP contribution in [0.5, 0.6) is 0 Å². The van der Waals surface area contributed by atoms with E-state index in [1.165, 1.54) is 22.3 Å². The molecule has 81 valence electrons. The van der Waals surface area contributed by atoms with E-state index in [2.05, 4.69) is 80.3 Å². The minimum absolute atomic E-state index is 1.24. The van der Waals surface area contributed by atoms with Crippen molar-refractivity contribution in [3.63, 3.8) is 0 Å². The molecule has 1 fully saturated rings. The first-order chi connectivity index (χ1) is 8.42. The van der Waals surface area contributed by atoms with Gasteiger partial charge in [-0.15, -0.1) is 0 Å². The highest BCUT2D eigenvalue weighted by Crippen LogP contribution is 2.25. The van der Waals surface area contributed by atoms with Gasteiger partial charge in [0.05, 0.1) is 0 Å². The van der Waals surface area contributed by atoms with Gasteiger partial charge in [-0.25, -0.2) is 0 Å². The molecule has 0 heterocycles. The SMILES string of the molecule is [CH]1[CH][CH][C](/C=C/c2ccc3ccccc3c2)[CH]1. The normalized spacial score (nSPS) is 17.2. The van der Waals surface area contributed by atoms with Gasteiger partial charge in [-0.3, -0.25) is 0 Å². The second-order valence-electron chi connectivity index (χ2n) is 4.16. The lowest BCUT2D eigenvalue weighted by Crippen LogP contribution is -1.84. The fourth-order valence-electron chi connectivity index (χ4n) is 2.00. The molecule has 1 aliphatic carbocycles. The molecule has 1 aliphatic rings. The lowest BCUT2D eigenvalue weighted by atomic mass is 10.0. The molecule has 0 unspecified atom stereocenters. The van der Waals surface area contributed by atoms with E-state index in [1.54, 1.807) is 0 Å². The van der Waals surface area contributed by atoms with Crippen LogP contribution >= 0.6 is 0 Å². The van der Waals surface area contributed by atoms with Gasteiger partial charge in [0.15, 0.2) is 0 Å². The minimum atomic E-state index is 1.24. The molecule has 0 N–H and O–H groups in total. The highest BCUT2D eigenvalue weighted by atomic mass is 14.2. The van der Waals surface area contributed by atoms with E-state index in [-0.39, 0.29) is 0 Å². The van der Waals surface area contributed by atoms with Crippen molar-refractivity contribution in [2.45, 2.75) is 0 Å². The van der Waals surface area contributed by atoms with Crippen molar-refractivity contribution >= 4 is 16.8 Å². The van der Waals surface area contributed by atoms with Crippen molar-refractivity contribution < 1.29 is 0 Å². The maximum absolute atomic E-state index is 2.22. The van der Waals surface area contributed by atoms with Crippen LogP contribution in [-0.2, 0) is 0 Å². The summed E-state index contributed by atoms with van der Waals surface area (Å²) in [5.74, 6) is 1.25. The van der Waals surface area contributed by atoms with Gasteiger partial charge in [0.25, 0.3) is 0 Å². The van der Waals surface area contributed by atoms with Gasteiger partial charge in [0, 0.05) is 5.92 Å². The highest BCUT2D eigenvalue weighted by Gasteiger charge is 2.12. The van der Waals surface area contributed by atoms with Crippen molar-refractivity contribution in [1.82, 2.24) is 0 Å². The summed E-state index contributed by atoms with van der Waals surface area (Å²) in [5, 5.41) is 2.58. The zero-order valence-corrected chi connectivity index (χ0v) is 9.51. The van der Waals surface area contributed by atoms with Crippen LogP contribution in [0.25, 0.3) is 16.8 Å². The van der Waals surface area contributed by atoms with Gasteiger partial charge in [0.2, 0.25) is 0 Å². The molecule has 0 saturated heterocycles. The molecule has 0 atom stereocenters. The predicted octanol–water partition coefficient (Wildman–Crippen LogP) is 4.26. The Hall–Kier alpha value is -1.56. The Kier molecular flexibility index (Phi) is 2.96. The highest BCUT2D eigenvalue weighted by molar-refractivity contribution is 5.84. The molecule has 17 heavy (non-hydrogen) atoms. The lowest BCUT2D eigenvalue weighted by molar-refractivity contribution is 1.39. The third-order valence-electron chi connectivity index (χ3n) is 2.93. The fourth-order valence-corrected chi connectivity index (χ4v) is 2.00. The lowest BCUT2D eigenvalue weighted by Gasteiger charge is -2.01. The number of hydrogen-bond acceptors (Lipinski definition) is 0. The van der Waals surface area contributed by atoms with Gasteiger partial charge in [-0.1, -0.05) is 48.6 Å². The van der Waals surface area contributed by atoms with Crippen LogP contribution < -0.4 is 0 Å². The number of hydrogen-bond donors (Lipinski definition) is 0. The quantitative estimate of drug-likeness (QED) is 0.705. The summed E-state index contributed by atoms with van der Waals surface area (Å²) in [7, 11) is 0. The Bertz CT molecular complexity index is 530. The van der Waals surface area contributed by atoms with Gasteiger partial charge < -0.3 is 0 Å². The first-order valence-electron chi connectivity index (χ1n) is 5.80. The molecule has 0 bridgehead atoms. The fraction of sp³-hybridized carbons (Fsp3) is 0. The molecular weight excluding hydrogens is 204 g/mol. The van der Waals surface area contributed by atoms with Crippen LogP contribution in [0.3, 0.4) is 0 Å². The first-order valence-corrected chi connectivity index (χ1v) is 5.80. The van der Waals surface area contributed by atoms with Gasteiger partial charge >= 0.3 is 0 Å². The van der Waals surface area contributed by atoms with Crippen molar-refractivity contribution in [2.75, 3.05) is 0 Å². The number of allylic oxidation sites excluding steroid dienone is 1. The Morgan fingerprint density at radius 3 is 2.29 bits per heavy atom. The molecule has 5 radical (unpaired) electrons. The van der Waals surface area contributed by atoms with Gasteiger partial charge in [0.1, 0.15) is 0 Å². The average molecular weight is 217 g/mol. The summed E-state index contributed by atoms with van der Waals surface area (Å²) in [6, 6.07) is 15.0. The molecule has 0 heteroatoms. The van der Waals surface area contributed by atoms with E-state index in [0.29, 0.717) is 0 Å².